The molecule has 3 rings (SSSR count). The molecule has 0 saturated heterocycles. The molecule has 0 amide bonds. The summed E-state index contributed by atoms with van der Waals surface area (Å²) in [6.07, 6.45) is 3.51. The van der Waals surface area contributed by atoms with Gasteiger partial charge in [0.05, 0.1) is 5.69 Å². The summed E-state index contributed by atoms with van der Waals surface area (Å²) in [5, 5.41) is 16.5. The van der Waals surface area contributed by atoms with Gasteiger partial charge in [0.2, 0.25) is 5.70 Å². The van der Waals surface area contributed by atoms with E-state index in [9.17, 15) is 9.50 Å². The van der Waals surface area contributed by atoms with Gasteiger partial charge in [0.25, 0.3) is 0 Å². The number of rotatable bonds is 4. The van der Waals surface area contributed by atoms with Gasteiger partial charge in [-0.2, -0.15) is 4.57 Å². The Morgan fingerprint density at radius 2 is 1.89 bits per heavy atom. The molecule has 27 heavy (non-hydrogen) atoms. The van der Waals surface area contributed by atoms with E-state index in [1.165, 1.54) is 6.07 Å². The number of anilines is 1. The zero-order valence-electron chi connectivity index (χ0n) is 14.4. The number of aryl methyl sites for hydroxylation is 1. The molecular weight excluding hydrogens is 383 g/mol. The van der Waals surface area contributed by atoms with Gasteiger partial charge in [-0.15, -0.1) is 0 Å². The van der Waals surface area contributed by atoms with E-state index in [4.69, 9.17) is 23.8 Å². The molecule has 1 heterocycles. The Morgan fingerprint density at radius 3 is 2.59 bits per heavy atom. The molecule has 2 aromatic carbocycles. The molecule has 1 aromatic heterocycles. The molecule has 0 aliphatic heterocycles. The summed E-state index contributed by atoms with van der Waals surface area (Å²) in [5.74, 6) is -0.773. The summed E-state index contributed by atoms with van der Waals surface area (Å²) in [6.45, 7) is 1.91. The lowest BCUT2D eigenvalue weighted by atomic mass is 10.1. The minimum Gasteiger partial charge on any atom is -0.867 e. The molecule has 0 saturated carbocycles. The number of thiocarbonyl (C=S) groups is 1. The number of aromatic nitrogens is 1. The number of nitrogens with one attached hydrogen (secondary N) is 1. The zero-order chi connectivity index (χ0) is 19.4. The first-order valence-electron chi connectivity index (χ1n) is 8.17. The van der Waals surface area contributed by atoms with Gasteiger partial charge in [-0.1, -0.05) is 48.1 Å². The SMILES string of the molecule is Cc1ccc[n+](C(C(=S)Nc2ccccc2F)=C([O-])c2cccc(Cl)c2)c1. The Labute approximate surface area is 167 Å². The van der Waals surface area contributed by atoms with Crippen molar-refractivity contribution >= 4 is 46.0 Å². The fourth-order valence-corrected chi connectivity index (χ4v) is 3.08. The van der Waals surface area contributed by atoms with Gasteiger partial charge in [0, 0.05) is 16.7 Å². The van der Waals surface area contributed by atoms with E-state index in [1.54, 1.807) is 59.4 Å². The minimum absolute atomic E-state index is 0.112. The molecule has 0 aliphatic rings. The van der Waals surface area contributed by atoms with Crippen molar-refractivity contribution in [1.29, 1.82) is 0 Å². The van der Waals surface area contributed by atoms with Gasteiger partial charge in [0.15, 0.2) is 17.4 Å². The van der Waals surface area contributed by atoms with Crippen LogP contribution in [0.25, 0.3) is 11.5 Å². The van der Waals surface area contributed by atoms with Crippen LogP contribution in [0.15, 0.2) is 73.1 Å². The van der Waals surface area contributed by atoms with Crippen molar-refractivity contribution in [3.05, 3.63) is 95.0 Å². The predicted molar refractivity (Wildman–Crippen MR) is 109 cm³/mol. The lowest BCUT2D eigenvalue weighted by Gasteiger charge is -2.17. The van der Waals surface area contributed by atoms with E-state index in [2.05, 4.69) is 5.32 Å². The van der Waals surface area contributed by atoms with Crippen LogP contribution < -0.4 is 15.0 Å². The highest BCUT2D eigenvalue weighted by Gasteiger charge is 2.20. The second-order valence-electron chi connectivity index (χ2n) is 5.91. The van der Waals surface area contributed by atoms with Gasteiger partial charge in [0.1, 0.15) is 5.82 Å². The quantitative estimate of drug-likeness (QED) is 0.310. The van der Waals surface area contributed by atoms with Crippen LogP contribution in [0.3, 0.4) is 0 Å². The number of halogens is 2. The Balaban J connectivity index is 2.11. The van der Waals surface area contributed by atoms with Gasteiger partial charge < -0.3 is 10.4 Å². The molecule has 6 heteroatoms. The third-order valence-electron chi connectivity index (χ3n) is 3.85. The van der Waals surface area contributed by atoms with Crippen LogP contribution in [0.1, 0.15) is 11.1 Å². The van der Waals surface area contributed by atoms with Crippen LogP contribution in [0.2, 0.25) is 5.02 Å². The van der Waals surface area contributed by atoms with Crippen LogP contribution in [0, 0.1) is 12.7 Å². The van der Waals surface area contributed by atoms with Crippen molar-refractivity contribution in [2.75, 3.05) is 5.32 Å². The second-order valence-corrected chi connectivity index (χ2v) is 6.76. The molecule has 3 nitrogen and oxygen atoms in total. The fourth-order valence-electron chi connectivity index (χ4n) is 2.58. The molecule has 136 valence electrons. The average Bonchev–Trinajstić information content (AvgIpc) is 2.64. The maximum atomic E-state index is 14.0. The standard InChI is InChI=1S/C21H16ClFN2OS/c1-14-6-5-11-25(13-14)19(20(26)15-7-4-8-16(22)12-15)21(27)24-18-10-3-2-9-17(18)23/h2-13H,1H3,(H-,24,26,27). The van der Waals surface area contributed by atoms with Gasteiger partial charge in [-0.05, 0) is 48.6 Å². The van der Waals surface area contributed by atoms with Crippen LogP contribution in [-0.4, -0.2) is 4.99 Å². The zero-order valence-corrected chi connectivity index (χ0v) is 16.0. The summed E-state index contributed by atoms with van der Waals surface area (Å²) >= 11 is 11.5. The first-order chi connectivity index (χ1) is 13.0. The van der Waals surface area contributed by atoms with Crippen LogP contribution in [-0.2, 0) is 0 Å². The van der Waals surface area contributed by atoms with Crippen LogP contribution in [0.5, 0.6) is 0 Å². The Kier molecular flexibility index (Phi) is 5.84. The monoisotopic (exact) mass is 398 g/mol. The van der Waals surface area contributed by atoms with E-state index in [0.29, 0.717) is 10.6 Å². The number of hydrogen-bond acceptors (Lipinski definition) is 2. The van der Waals surface area contributed by atoms with E-state index >= 15 is 0 Å². The number of benzene rings is 2. The average molecular weight is 399 g/mol. The molecule has 0 fully saturated rings. The molecule has 0 spiro atoms. The van der Waals surface area contributed by atoms with Crippen LogP contribution >= 0.6 is 23.8 Å². The first kappa shape index (κ1) is 19.0. The van der Waals surface area contributed by atoms with Crippen molar-refractivity contribution in [2.45, 2.75) is 6.92 Å². The van der Waals surface area contributed by atoms with E-state index in [-0.39, 0.29) is 22.1 Å². The number of para-hydroxylation sites is 1. The highest BCUT2D eigenvalue weighted by Crippen LogP contribution is 2.21. The molecule has 0 atom stereocenters. The molecule has 0 radical (unpaired) electrons. The smallest absolute Gasteiger partial charge is 0.238 e. The fraction of sp³-hybridized carbons (Fsp3) is 0.0476. The van der Waals surface area contributed by atoms with E-state index in [0.717, 1.165) is 5.56 Å². The van der Waals surface area contributed by atoms with Gasteiger partial charge in [-0.3, -0.25) is 0 Å². The molecule has 3 aromatic rings. The summed E-state index contributed by atoms with van der Waals surface area (Å²) in [6, 6.07) is 16.5. The summed E-state index contributed by atoms with van der Waals surface area (Å²) in [7, 11) is 0. The highest BCUT2D eigenvalue weighted by atomic mass is 35.5. The number of hydrogen-bond donors (Lipinski definition) is 1. The first-order valence-corrected chi connectivity index (χ1v) is 8.96. The molecule has 0 aliphatic carbocycles. The topological polar surface area (TPSA) is 39.0 Å². The third-order valence-corrected chi connectivity index (χ3v) is 4.38. The molecular formula is C21H16ClFN2OS. The summed E-state index contributed by atoms with van der Waals surface area (Å²) < 4.78 is 15.7. The van der Waals surface area contributed by atoms with Crippen molar-refractivity contribution in [1.82, 2.24) is 0 Å². The highest BCUT2D eigenvalue weighted by molar-refractivity contribution is 7.81. The van der Waals surface area contributed by atoms with Crippen LogP contribution in [0.4, 0.5) is 10.1 Å². The van der Waals surface area contributed by atoms with Crippen molar-refractivity contribution < 1.29 is 14.1 Å². The van der Waals surface area contributed by atoms with E-state index in [1.807, 2.05) is 19.1 Å². The minimum atomic E-state index is -0.455. The van der Waals surface area contributed by atoms with Crippen molar-refractivity contribution in [3.63, 3.8) is 0 Å². The Hall–Kier alpha value is -2.76. The van der Waals surface area contributed by atoms with Gasteiger partial charge >= 0.3 is 0 Å². The lowest BCUT2D eigenvalue weighted by Crippen LogP contribution is -2.40. The Bertz CT molecular complexity index is 1040. The van der Waals surface area contributed by atoms with Gasteiger partial charge in [-0.25, -0.2) is 4.39 Å². The maximum Gasteiger partial charge on any atom is 0.238 e. The summed E-state index contributed by atoms with van der Waals surface area (Å²) in [5.41, 5.74) is 1.75. The predicted octanol–water partition coefficient (Wildman–Crippen LogP) is 4.20. The second kappa shape index (κ2) is 8.29. The molecule has 1 N–H and O–H groups in total. The normalized spacial score (nSPS) is 11.7. The number of nitrogens with zero attached hydrogens (tertiary/aromatic N) is 1. The van der Waals surface area contributed by atoms with E-state index < -0.39 is 5.82 Å². The Morgan fingerprint density at radius 1 is 1.11 bits per heavy atom. The van der Waals surface area contributed by atoms with Crippen molar-refractivity contribution in [2.24, 2.45) is 0 Å². The maximum absolute atomic E-state index is 14.0. The molecule has 0 unspecified atom stereocenters. The third kappa shape index (κ3) is 4.51. The number of pyridine rings is 1. The largest absolute Gasteiger partial charge is 0.867 e. The lowest BCUT2D eigenvalue weighted by molar-refractivity contribution is -0.578. The molecule has 0 bridgehead atoms. The van der Waals surface area contributed by atoms with Crippen molar-refractivity contribution in [3.8, 4) is 0 Å². The summed E-state index contributed by atoms with van der Waals surface area (Å²) in [4.78, 5) is 0.112.